The smallest absolute Gasteiger partial charge is 0.0356 e. The molecule has 1 heterocycles. The van der Waals surface area contributed by atoms with Gasteiger partial charge in [0, 0.05) is 21.3 Å². The molecule has 0 bridgehead atoms. The molecule has 2 nitrogen and oxygen atoms in total. The Labute approximate surface area is 58.7 Å². The number of hydrogen-bond donors (Lipinski definition) is 0. The van der Waals surface area contributed by atoms with Crippen LogP contribution in [0.1, 0.15) is 6.42 Å². The summed E-state index contributed by atoms with van der Waals surface area (Å²) < 4.78 is 4.89. The first kappa shape index (κ1) is 7.46. The summed E-state index contributed by atoms with van der Waals surface area (Å²) in [5.74, 6) is 0. The van der Waals surface area contributed by atoms with E-state index in [2.05, 4.69) is 30.1 Å². The van der Waals surface area contributed by atoms with Gasteiger partial charge in [0.05, 0.1) is 0 Å². The molecule has 0 amide bonds. The van der Waals surface area contributed by atoms with Gasteiger partial charge in [-0.1, -0.05) is 0 Å². The first-order valence-electron chi connectivity index (χ1n) is 3.37. The molecule has 1 saturated heterocycles. The van der Waals surface area contributed by atoms with Gasteiger partial charge in [0.1, 0.15) is 0 Å². The Kier molecular flexibility index (Phi) is 2.45. The predicted octanol–water partition coefficient (Wildman–Crippen LogP) is 1.20. The van der Waals surface area contributed by atoms with E-state index >= 15 is 0 Å². The molecule has 1 aliphatic rings. The highest BCUT2D eigenvalue weighted by molar-refractivity contribution is 7.51. The molecule has 0 saturated carbocycles. The lowest BCUT2D eigenvalue weighted by Crippen LogP contribution is -2.31. The fourth-order valence-electron chi connectivity index (χ4n) is 1.08. The van der Waals surface area contributed by atoms with Crippen molar-refractivity contribution in [3.8, 4) is 0 Å². The fourth-order valence-corrected chi connectivity index (χ4v) is 2.46. The maximum atomic E-state index is 2.44. The Balaban J connectivity index is 2.41. The molecule has 0 radical (unpaired) electrons. The third-order valence-electron chi connectivity index (χ3n) is 1.95. The Morgan fingerprint density at radius 1 is 1.11 bits per heavy atom. The van der Waals surface area contributed by atoms with Gasteiger partial charge in [0.2, 0.25) is 0 Å². The molecule has 0 aromatic rings. The monoisotopic (exact) mass is 146 g/mol. The molecule has 1 rings (SSSR count). The second-order valence-electron chi connectivity index (χ2n) is 2.61. The quantitative estimate of drug-likeness (QED) is 0.474. The van der Waals surface area contributed by atoms with Crippen LogP contribution in [0.3, 0.4) is 0 Å². The molecule has 0 spiro atoms. The number of rotatable bonds is 0. The van der Waals surface area contributed by atoms with Crippen LogP contribution in [-0.2, 0) is 0 Å². The van der Waals surface area contributed by atoms with Crippen LogP contribution in [0.2, 0.25) is 0 Å². The lowest BCUT2D eigenvalue weighted by Gasteiger charge is -2.37. The third-order valence-corrected chi connectivity index (χ3v) is 4.33. The van der Waals surface area contributed by atoms with Gasteiger partial charge in [-0.25, -0.2) is 0 Å². The highest BCUT2D eigenvalue weighted by Crippen LogP contribution is 2.40. The largest absolute Gasteiger partial charge is 0.273 e. The fraction of sp³-hybridized carbons (Fsp3) is 1.00. The number of hydrogen-bond acceptors (Lipinski definition) is 2. The first-order chi connectivity index (χ1) is 4.22. The van der Waals surface area contributed by atoms with Gasteiger partial charge in [-0.05, 0) is 27.2 Å². The average Bonchev–Trinajstić information content (AvgIpc) is 1.83. The molecule has 3 heteroatoms. The van der Waals surface area contributed by atoms with Crippen molar-refractivity contribution in [2.24, 2.45) is 0 Å². The van der Waals surface area contributed by atoms with Crippen LogP contribution in [0, 0.1) is 0 Å². The molecule has 0 aliphatic carbocycles. The molecule has 1 aliphatic heterocycles. The van der Waals surface area contributed by atoms with Gasteiger partial charge >= 0.3 is 0 Å². The lowest BCUT2D eigenvalue weighted by atomic mass is 10.4. The van der Waals surface area contributed by atoms with E-state index in [9.17, 15) is 0 Å². The van der Waals surface area contributed by atoms with Gasteiger partial charge in [0.15, 0.2) is 0 Å². The topological polar surface area (TPSA) is 6.48 Å². The molecule has 0 atom stereocenters. The molecule has 1 fully saturated rings. The molecule has 0 unspecified atom stereocenters. The van der Waals surface area contributed by atoms with Crippen LogP contribution in [-0.4, -0.2) is 43.2 Å². The second kappa shape index (κ2) is 2.96. The molecule has 0 aromatic heterocycles. The van der Waals surface area contributed by atoms with Gasteiger partial charge in [-0.3, -0.25) is 9.34 Å². The normalized spacial score (nSPS) is 27.0. The minimum Gasteiger partial charge on any atom is -0.273 e. The van der Waals surface area contributed by atoms with Gasteiger partial charge < -0.3 is 0 Å². The summed E-state index contributed by atoms with van der Waals surface area (Å²) in [6.45, 7) is 4.88. The van der Waals surface area contributed by atoms with Crippen molar-refractivity contribution in [2.45, 2.75) is 6.42 Å². The van der Waals surface area contributed by atoms with Crippen LogP contribution < -0.4 is 0 Å². The first-order valence-corrected chi connectivity index (χ1v) is 5.07. The minimum atomic E-state index is 0.0526. The Hall–Kier alpha value is 0.350. The zero-order valence-corrected chi connectivity index (χ0v) is 7.36. The van der Waals surface area contributed by atoms with Crippen LogP contribution >= 0.6 is 8.22 Å². The Morgan fingerprint density at radius 2 is 1.56 bits per heavy atom. The van der Waals surface area contributed by atoms with Crippen LogP contribution in [0.15, 0.2) is 0 Å². The maximum absolute atomic E-state index is 2.44. The van der Waals surface area contributed by atoms with Crippen molar-refractivity contribution in [3.05, 3.63) is 0 Å². The maximum Gasteiger partial charge on any atom is 0.0356 e. The van der Waals surface area contributed by atoms with Crippen molar-refractivity contribution in [2.75, 3.05) is 33.8 Å². The highest BCUT2D eigenvalue weighted by Gasteiger charge is 2.18. The molecule has 9 heavy (non-hydrogen) atoms. The zero-order chi connectivity index (χ0) is 6.85. The van der Waals surface area contributed by atoms with Gasteiger partial charge in [-0.15, -0.1) is 0 Å². The van der Waals surface area contributed by atoms with E-state index in [4.69, 9.17) is 0 Å². The van der Waals surface area contributed by atoms with E-state index in [1.807, 2.05) is 0 Å². The Bertz CT molecular complexity index is 87.1. The average molecular weight is 146 g/mol. The lowest BCUT2D eigenvalue weighted by molar-refractivity contribution is 0.387. The van der Waals surface area contributed by atoms with Crippen molar-refractivity contribution >= 4 is 8.22 Å². The summed E-state index contributed by atoms with van der Waals surface area (Å²) in [6, 6.07) is 0. The summed E-state index contributed by atoms with van der Waals surface area (Å²) >= 11 is 0. The molecular formula is C6H15N2P. The van der Waals surface area contributed by atoms with E-state index in [0.29, 0.717) is 0 Å². The third kappa shape index (κ3) is 1.64. The zero-order valence-electron chi connectivity index (χ0n) is 6.46. The van der Waals surface area contributed by atoms with E-state index < -0.39 is 0 Å². The summed E-state index contributed by atoms with van der Waals surface area (Å²) in [6.07, 6.45) is 1.33. The molecule has 54 valence electrons. The van der Waals surface area contributed by atoms with Gasteiger partial charge in [0.25, 0.3) is 0 Å². The van der Waals surface area contributed by atoms with Crippen molar-refractivity contribution in [1.29, 1.82) is 0 Å². The molecule has 0 aromatic carbocycles. The van der Waals surface area contributed by atoms with E-state index in [-0.39, 0.29) is 8.22 Å². The summed E-state index contributed by atoms with van der Waals surface area (Å²) in [5.41, 5.74) is 0. The Morgan fingerprint density at radius 3 is 1.89 bits per heavy atom. The molecular weight excluding hydrogens is 131 g/mol. The van der Waals surface area contributed by atoms with E-state index in [1.165, 1.54) is 19.5 Å². The summed E-state index contributed by atoms with van der Waals surface area (Å²) in [7, 11) is 4.47. The van der Waals surface area contributed by atoms with Crippen molar-refractivity contribution in [1.82, 2.24) is 9.34 Å². The predicted molar refractivity (Wildman–Crippen MR) is 42.7 cm³/mol. The minimum absolute atomic E-state index is 0.0526. The standard InChI is InChI=1S/C6H15N2P/c1-7-5-4-6-8(2)9(7)3/h4-6H2,1-3H3. The summed E-state index contributed by atoms with van der Waals surface area (Å²) in [5, 5.41) is 0. The van der Waals surface area contributed by atoms with Crippen molar-refractivity contribution < 1.29 is 0 Å². The summed E-state index contributed by atoms with van der Waals surface area (Å²) in [4.78, 5) is 0. The molecule has 0 N–H and O–H groups in total. The SMILES string of the molecule is CN1CCCN(C)P1C. The van der Waals surface area contributed by atoms with Crippen LogP contribution in [0.5, 0.6) is 0 Å². The van der Waals surface area contributed by atoms with Crippen LogP contribution in [0.25, 0.3) is 0 Å². The van der Waals surface area contributed by atoms with E-state index in [1.54, 1.807) is 0 Å². The number of nitrogens with zero attached hydrogens (tertiary/aromatic N) is 2. The highest BCUT2D eigenvalue weighted by atomic mass is 31.1. The second-order valence-corrected chi connectivity index (χ2v) is 4.95. The van der Waals surface area contributed by atoms with E-state index in [0.717, 1.165) is 0 Å². The van der Waals surface area contributed by atoms with Crippen molar-refractivity contribution in [3.63, 3.8) is 0 Å². The van der Waals surface area contributed by atoms with Gasteiger partial charge in [-0.2, -0.15) is 0 Å². The van der Waals surface area contributed by atoms with Crippen LogP contribution in [0.4, 0.5) is 0 Å².